The lowest BCUT2D eigenvalue weighted by Gasteiger charge is -2.26. The summed E-state index contributed by atoms with van der Waals surface area (Å²) < 4.78 is 0. The molecule has 1 aliphatic rings. The molecular formula is C11H16N4O2. The number of carbonyl (C=O) groups is 2. The Kier molecular flexibility index (Phi) is 3.89. The summed E-state index contributed by atoms with van der Waals surface area (Å²) in [5, 5.41) is 5.56. The lowest BCUT2D eigenvalue weighted by atomic mass is 10.3. The van der Waals surface area contributed by atoms with Gasteiger partial charge in [0.05, 0.1) is 6.54 Å². The summed E-state index contributed by atoms with van der Waals surface area (Å²) in [7, 11) is 0. The molecule has 6 heteroatoms. The van der Waals surface area contributed by atoms with Gasteiger partial charge >= 0.3 is 0 Å². The molecule has 3 N–H and O–H groups in total. The van der Waals surface area contributed by atoms with Crippen molar-refractivity contribution in [1.29, 1.82) is 0 Å². The topological polar surface area (TPSA) is 77.2 Å². The van der Waals surface area contributed by atoms with Crippen LogP contribution >= 0.6 is 0 Å². The van der Waals surface area contributed by atoms with E-state index >= 15 is 0 Å². The van der Waals surface area contributed by atoms with E-state index < -0.39 is 0 Å². The standard InChI is InChI=1S/C11H16N4O2/c16-10(8-15-6-4-12-5-7-15)14-11(17)9-2-1-3-13-9/h1-3,12-13H,4-8H2,(H,14,16,17). The van der Waals surface area contributed by atoms with E-state index in [1.807, 2.05) is 4.90 Å². The van der Waals surface area contributed by atoms with Crippen LogP contribution in [0.4, 0.5) is 0 Å². The number of nitrogens with zero attached hydrogens (tertiary/aromatic N) is 1. The van der Waals surface area contributed by atoms with Crippen LogP contribution in [0.2, 0.25) is 0 Å². The molecule has 0 aromatic carbocycles. The number of imide groups is 1. The first-order valence-electron chi connectivity index (χ1n) is 5.66. The molecule has 92 valence electrons. The number of hydrogen-bond acceptors (Lipinski definition) is 4. The Balaban J connectivity index is 1.78. The zero-order chi connectivity index (χ0) is 12.1. The largest absolute Gasteiger partial charge is 0.357 e. The van der Waals surface area contributed by atoms with Gasteiger partial charge in [0.1, 0.15) is 5.69 Å². The van der Waals surface area contributed by atoms with Gasteiger partial charge in [-0.05, 0) is 12.1 Å². The number of aromatic amines is 1. The molecule has 0 unspecified atom stereocenters. The van der Waals surface area contributed by atoms with Crippen molar-refractivity contribution >= 4 is 11.8 Å². The van der Waals surface area contributed by atoms with E-state index in [4.69, 9.17) is 0 Å². The Morgan fingerprint density at radius 1 is 1.35 bits per heavy atom. The van der Waals surface area contributed by atoms with Crippen LogP contribution in [0, 0.1) is 0 Å². The third-order valence-corrected chi connectivity index (χ3v) is 2.67. The van der Waals surface area contributed by atoms with Crippen molar-refractivity contribution in [2.75, 3.05) is 32.7 Å². The van der Waals surface area contributed by atoms with E-state index in [2.05, 4.69) is 15.6 Å². The number of rotatable bonds is 3. The summed E-state index contributed by atoms with van der Waals surface area (Å²) in [6, 6.07) is 3.35. The Hall–Kier alpha value is -1.66. The second-order valence-corrected chi connectivity index (χ2v) is 3.99. The molecule has 1 aromatic heterocycles. The van der Waals surface area contributed by atoms with Gasteiger partial charge in [0, 0.05) is 32.4 Å². The molecule has 1 saturated heterocycles. The maximum absolute atomic E-state index is 11.6. The molecule has 0 aliphatic carbocycles. The third kappa shape index (κ3) is 3.40. The molecular weight excluding hydrogens is 220 g/mol. The summed E-state index contributed by atoms with van der Waals surface area (Å²) in [4.78, 5) is 28.0. The molecule has 6 nitrogen and oxygen atoms in total. The van der Waals surface area contributed by atoms with Gasteiger partial charge < -0.3 is 10.3 Å². The molecule has 17 heavy (non-hydrogen) atoms. The van der Waals surface area contributed by atoms with Crippen LogP contribution in [0.1, 0.15) is 10.5 Å². The monoisotopic (exact) mass is 236 g/mol. The molecule has 0 atom stereocenters. The molecule has 1 aliphatic heterocycles. The molecule has 1 aromatic rings. The quantitative estimate of drug-likeness (QED) is 0.640. The minimum absolute atomic E-state index is 0.258. The van der Waals surface area contributed by atoms with Crippen LogP contribution < -0.4 is 10.6 Å². The fourth-order valence-corrected chi connectivity index (χ4v) is 1.78. The number of carbonyl (C=O) groups excluding carboxylic acids is 2. The van der Waals surface area contributed by atoms with Crippen molar-refractivity contribution in [1.82, 2.24) is 20.5 Å². The SMILES string of the molecule is O=C(CN1CCNCC1)NC(=O)c1ccc[nH]1. The summed E-state index contributed by atoms with van der Waals surface area (Å²) in [6.07, 6.45) is 1.65. The first-order chi connectivity index (χ1) is 8.25. The van der Waals surface area contributed by atoms with Gasteiger partial charge in [0.15, 0.2) is 0 Å². The lowest BCUT2D eigenvalue weighted by Crippen LogP contribution is -2.48. The molecule has 2 rings (SSSR count). The second-order valence-electron chi connectivity index (χ2n) is 3.99. The summed E-state index contributed by atoms with van der Waals surface area (Å²) in [6.45, 7) is 3.72. The third-order valence-electron chi connectivity index (χ3n) is 2.67. The van der Waals surface area contributed by atoms with Gasteiger partial charge in [-0.2, -0.15) is 0 Å². The van der Waals surface area contributed by atoms with Gasteiger partial charge in [-0.25, -0.2) is 0 Å². The summed E-state index contributed by atoms with van der Waals surface area (Å²) in [5.74, 6) is -0.637. The minimum atomic E-state index is -0.380. The highest BCUT2D eigenvalue weighted by atomic mass is 16.2. The zero-order valence-electron chi connectivity index (χ0n) is 9.53. The Morgan fingerprint density at radius 2 is 2.12 bits per heavy atom. The van der Waals surface area contributed by atoms with Crippen LogP contribution in [0.25, 0.3) is 0 Å². The van der Waals surface area contributed by atoms with E-state index in [1.54, 1.807) is 18.3 Å². The van der Waals surface area contributed by atoms with E-state index in [9.17, 15) is 9.59 Å². The number of amides is 2. The van der Waals surface area contributed by atoms with E-state index in [-0.39, 0.29) is 18.4 Å². The van der Waals surface area contributed by atoms with Crippen LogP contribution in [0.3, 0.4) is 0 Å². The zero-order valence-corrected chi connectivity index (χ0v) is 9.53. The molecule has 2 amide bonds. The number of hydrogen-bond donors (Lipinski definition) is 3. The van der Waals surface area contributed by atoms with Crippen LogP contribution in [0.5, 0.6) is 0 Å². The molecule has 2 heterocycles. The van der Waals surface area contributed by atoms with Gasteiger partial charge in [-0.3, -0.25) is 19.8 Å². The summed E-state index contributed by atoms with van der Waals surface area (Å²) in [5.41, 5.74) is 0.402. The number of piperazine rings is 1. The van der Waals surface area contributed by atoms with Crippen molar-refractivity contribution < 1.29 is 9.59 Å². The fourth-order valence-electron chi connectivity index (χ4n) is 1.78. The molecule has 0 saturated carbocycles. The Morgan fingerprint density at radius 3 is 2.76 bits per heavy atom. The smallest absolute Gasteiger partial charge is 0.274 e. The highest BCUT2D eigenvalue weighted by molar-refractivity contribution is 6.04. The van der Waals surface area contributed by atoms with Crippen LogP contribution in [-0.2, 0) is 4.79 Å². The van der Waals surface area contributed by atoms with E-state index in [0.29, 0.717) is 5.69 Å². The average Bonchev–Trinajstić information content (AvgIpc) is 2.83. The predicted molar refractivity (Wildman–Crippen MR) is 62.6 cm³/mol. The Bertz CT molecular complexity index is 382. The highest BCUT2D eigenvalue weighted by Gasteiger charge is 2.16. The maximum Gasteiger partial charge on any atom is 0.274 e. The molecule has 1 fully saturated rings. The van der Waals surface area contributed by atoms with Gasteiger partial charge in [-0.15, -0.1) is 0 Å². The van der Waals surface area contributed by atoms with Gasteiger partial charge in [-0.1, -0.05) is 0 Å². The van der Waals surface area contributed by atoms with Crippen molar-refractivity contribution in [2.24, 2.45) is 0 Å². The summed E-state index contributed by atoms with van der Waals surface area (Å²) >= 11 is 0. The van der Waals surface area contributed by atoms with Crippen LogP contribution in [-0.4, -0.2) is 54.4 Å². The van der Waals surface area contributed by atoms with E-state index in [1.165, 1.54) is 0 Å². The van der Waals surface area contributed by atoms with Crippen LogP contribution in [0.15, 0.2) is 18.3 Å². The van der Waals surface area contributed by atoms with Crippen molar-refractivity contribution in [3.8, 4) is 0 Å². The number of H-pyrrole nitrogens is 1. The lowest BCUT2D eigenvalue weighted by molar-refractivity contribution is -0.121. The molecule has 0 radical (unpaired) electrons. The predicted octanol–water partition coefficient (Wildman–Crippen LogP) is -0.824. The molecule has 0 bridgehead atoms. The molecule has 0 spiro atoms. The first kappa shape index (κ1) is 11.8. The van der Waals surface area contributed by atoms with Gasteiger partial charge in [0.25, 0.3) is 5.91 Å². The highest BCUT2D eigenvalue weighted by Crippen LogP contribution is 1.95. The number of aromatic nitrogens is 1. The van der Waals surface area contributed by atoms with Crippen molar-refractivity contribution in [2.45, 2.75) is 0 Å². The average molecular weight is 236 g/mol. The fraction of sp³-hybridized carbons (Fsp3) is 0.455. The minimum Gasteiger partial charge on any atom is -0.357 e. The van der Waals surface area contributed by atoms with Gasteiger partial charge in [0.2, 0.25) is 5.91 Å². The first-order valence-corrected chi connectivity index (χ1v) is 5.66. The van der Waals surface area contributed by atoms with Crippen molar-refractivity contribution in [3.05, 3.63) is 24.0 Å². The Labute approximate surface area is 99.4 Å². The normalized spacial score (nSPS) is 16.7. The maximum atomic E-state index is 11.6. The van der Waals surface area contributed by atoms with Crippen molar-refractivity contribution in [3.63, 3.8) is 0 Å². The number of nitrogens with one attached hydrogen (secondary N) is 3. The van der Waals surface area contributed by atoms with E-state index in [0.717, 1.165) is 26.2 Å². The second kappa shape index (κ2) is 5.60.